The monoisotopic (exact) mass is 406 g/mol. The number of aromatic hydroxyl groups is 1. The van der Waals surface area contributed by atoms with Crippen LogP contribution in [0.3, 0.4) is 0 Å². The van der Waals surface area contributed by atoms with Crippen molar-refractivity contribution < 1.29 is 19.7 Å². The van der Waals surface area contributed by atoms with Gasteiger partial charge in [0.2, 0.25) is 0 Å². The molecule has 0 fully saturated rings. The molecule has 29 heavy (non-hydrogen) atoms. The molecule has 0 amide bonds. The van der Waals surface area contributed by atoms with Crippen LogP contribution in [-0.2, 0) is 22.0 Å². The van der Waals surface area contributed by atoms with E-state index in [2.05, 4.69) is 6.92 Å². The molecule has 166 valence electrons. The lowest BCUT2D eigenvalue weighted by Crippen LogP contribution is -2.23. The molecule has 0 atom stereocenters. The van der Waals surface area contributed by atoms with Gasteiger partial charge in [-0.15, -0.1) is 0 Å². The standard InChI is InChI=1S/C25H42O4/c1-8-9-10-11-12-13-15-29-16-14-18-19(23(27)28)17-20(24(2,3)4)22(26)21(18)25(5,6)7/h17,26H,8-16H2,1-7H3,(H,27,28). The zero-order chi connectivity index (χ0) is 22.2. The molecule has 0 aliphatic carbocycles. The minimum atomic E-state index is -0.952. The van der Waals surface area contributed by atoms with Gasteiger partial charge in [-0.25, -0.2) is 4.79 Å². The Morgan fingerprint density at radius 3 is 2.03 bits per heavy atom. The van der Waals surface area contributed by atoms with Gasteiger partial charge >= 0.3 is 5.97 Å². The van der Waals surface area contributed by atoms with Crippen molar-refractivity contribution in [1.82, 2.24) is 0 Å². The van der Waals surface area contributed by atoms with Crippen molar-refractivity contribution in [3.63, 3.8) is 0 Å². The van der Waals surface area contributed by atoms with Gasteiger partial charge in [0.25, 0.3) is 0 Å². The van der Waals surface area contributed by atoms with Crippen molar-refractivity contribution in [2.75, 3.05) is 13.2 Å². The normalized spacial score (nSPS) is 12.4. The first kappa shape index (κ1) is 25.5. The molecule has 0 saturated heterocycles. The summed E-state index contributed by atoms with van der Waals surface area (Å²) in [6, 6.07) is 1.65. The van der Waals surface area contributed by atoms with Crippen LogP contribution in [0.15, 0.2) is 6.07 Å². The van der Waals surface area contributed by atoms with Crippen LogP contribution in [0.5, 0.6) is 5.75 Å². The summed E-state index contributed by atoms with van der Waals surface area (Å²) in [7, 11) is 0. The molecule has 4 nitrogen and oxygen atoms in total. The van der Waals surface area contributed by atoms with E-state index >= 15 is 0 Å². The predicted octanol–water partition coefficient (Wildman–Crippen LogP) is 6.61. The highest BCUT2D eigenvalue weighted by Gasteiger charge is 2.31. The summed E-state index contributed by atoms with van der Waals surface area (Å²) in [5.41, 5.74) is 1.66. The van der Waals surface area contributed by atoms with Gasteiger partial charge in [-0.2, -0.15) is 0 Å². The fourth-order valence-electron chi connectivity index (χ4n) is 3.80. The van der Waals surface area contributed by atoms with Gasteiger partial charge in [-0.1, -0.05) is 80.6 Å². The highest BCUT2D eigenvalue weighted by Crippen LogP contribution is 2.42. The molecular formula is C25H42O4. The number of hydrogen-bond donors (Lipinski definition) is 2. The molecule has 0 spiro atoms. The SMILES string of the molecule is CCCCCCCCOCCc1c(C(=O)O)cc(C(C)(C)C)c(O)c1C(C)(C)C. The largest absolute Gasteiger partial charge is 0.507 e. The molecule has 0 unspecified atom stereocenters. The smallest absolute Gasteiger partial charge is 0.335 e. The van der Waals surface area contributed by atoms with Crippen molar-refractivity contribution >= 4 is 5.97 Å². The third kappa shape index (κ3) is 7.65. The highest BCUT2D eigenvalue weighted by molar-refractivity contribution is 5.91. The number of ether oxygens (including phenoxy) is 1. The van der Waals surface area contributed by atoms with Crippen molar-refractivity contribution in [2.45, 2.75) is 104 Å². The lowest BCUT2D eigenvalue weighted by molar-refractivity contribution is 0.0694. The molecule has 0 aliphatic heterocycles. The summed E-state index contributed by atoms with van der Waals surface area (Å²) in [6.07, 6.45) is 7.78. The first-order valence-corrected chi connectivity index (χ1v) is 11.1. The minimum absolute atomic E-state index is 0.223. The van der Waals surface area contributed by atoms with E-state index in [1.54, 1.807) is 6.07 Å². The molecule has 2 N–H and O–H groups in total. The Labute approximate surface area is 177 Å². The van der Waals surface area contributed by atoms with Crippen LogP contribution in [0.4, 0.5) is 0 Å². The summed E-state index contributed by atoms with van der Waals surface area (Å²) < 4.78 is 5.81. The lowest BCUT2D eigenvalue weighted by Gasteiger charge is -2.30. The second kappa shape index (κ2) is 11.0. The average molecular weight is 407 g/mol. The Morgan fingerprint density at radius 1 is 0.931 bits per heavy atom. The van der Waals surface area contributed by atoms with Crippen LogP contribution >= 0.6 is 0 Å². The van der Waals surface area contributed by atoms with E-state index in [-0.39, 0.29) is 22.1 Å². The lowest BCUT2D eigenvalue weighted by atomic mass is 9.75. The van der Waals surface area contributed by atoms with Gasteiger partial charge in [0, 0.05) is 17.7 Å². The quantitative estimate of drug-likeness (QED) is 0.406. The number of benzene rings is 1. The second-order valence-electron chi connectivity index (χ2n) is 10.1. The fraction of sp³-hybridized carbons (Fsp3) is 0.720. The molecule has 1 rings (SSSR count). The number of hydrogen-bond acceptors (Lipinski definition) is 3. The van der Waals surface area contributed by atoms with Crippen molar-refractivity contribution in [1.29, 1.82) is 0 Å². The van der Waals surface area contributed by atoms with Crippen LogP contribution in [0.1, 0.15) is 114 Å². The van der Waals surface area contributed by atoms with Gasteiger partial charge in [0.05, 0.1) is 12.2 Å². The number of phenolic OH excluding ortho intramolecular Hbond substituents is 1. The third-order valence-corrected chi connectivity index (χ3v) is 5.33. The van der Waals surface area contributed by atoms with Crippen LogP contribution < -0.4 is 0 Å². The number of carboxylic acids is 1. The van der Waals surface area contributed by atoms with Gasteiger partial charge in [-0.3, -0.25) is 0 Å². The Hall–Kier alpha value is -1.55. The number of aromatic carboxylic acids is 1. The summed E-state index contributed by atoms with van der Waals surface area (Å²) in [5.74, 6) is -0.729. The van der Waals surface area contributed by atoms with Crippen molar-refractivity contribution in [2.24, 2.45) is 0 Å². The molecule has 0 radical (unpaired) electrons. The average Bonchev–Trinajstić information content (AvgIpc) is 2.57. The number of rotatable bonds is 11. The zero-order valence-corrected chi connectivity index (χ0v) is 19.7. The molecular weight excluding hydrogens is 364 g/mol. The molecule has 1 aromatic rings. The number of unbranched alkanes of at least 4 members (excludes halogenated alkanes) is 5. The van der Waals surface area contributed by atoms with Gasteiger partial charge in [0.1, 0.15) is 5.75 Å². The zero-order valence-electron chi connectivity index (χ0n) is 19.7. The minimum Gasteiger partial charge on any atom is -0.507 e. The van der Waals surface area contributed by atoms with E-state index < -0.39 is 5.97 Å². The summed E-state index contributed by atoms with van der Waals surface area (Å²) in [6.45, 7) is 15.4. The maximum Gasteiger partial charge on any atom is 0.335 e. The highest BCUT2D eigenvalue weighted by atomic mass is 16.5. The number of carboxylic acid groups (broad SMARTS) is 1. The number of phenols is 1. The maximum absolute atomic E-state index is 12.0. The fourth-order valence-corrected chi connectivity index (χ4v) is 3.80. The Morgan fingerprint density at radius 2 is 1.52 bits per heavy atom. The summed E-state index contributed by atoms with van der Waals surface area (Å²) in [4.78, 5) is 12.0. The maximum atomic E-state index is 12.0. The molecule has 0 heterocycles. The summed E-state index contributed by atoms with van der Waals surface area (Å²) in [5, 5.41) is 20.9. The topological polar surface area (TPSA) is 66.8 Å². The first-order valence-electron chi connectivity index (χ1n) is 11.1. The van der Waals surface area contributed by atoms with Crippen LogP contribution in [0.2, 0.25) is 0 Å². The van der Waals surface area contributed by atoms with E-state index in [0.717, 1.165) is 12.0 Å². The molecule has 0 aliphatic rings. The molecule has 0 bridgehead atoms. The Kier molecular flexibility index (Phi) is 9.67. The first-order chi connectivity index (χ1) is 13.4. The Bertz CT molecular complexity index is 663. The second-order valence-corrected chi connectivity index (χ2v) is 10.1. The van der Waals surface area contributed by atoms with E-state index in [0.29, 0.717) is 30.8 Å². The van der Waals surface area contributed by atoms with E-state index in [4.69, 9.17) is 4.74 Å². The molecule has 0 aromatic heterocycles. The van der Waals surface area contributed by atoms with E-state index in [1.165, 1.54) is 32.1 Å². The van der Waals surface area contributed by atoms with Crippen molar-refractivity contribution in [3.05, 3.63) is 28.3 Å². The molecule has 0 saturated carbocycles. The van der Waals surface area contributed by atoms with Crippen LogP contribution in [0, 0.1) is 0 Å². The van der Waals surface area contributed by atoms with Crippen molar-refractivity contribution in [3.8, 4) is 5.75 Å². The Balaban J connectivity index is 2.98. The van der Waals surface area contributed by atoms with Gasteiger partial charge in [-0.05, 0) is 35.3 Å². The molecule has 1 aromatic carbocycles. The predicted molar refractivity (Wildman–Crippen MR) is 120 cm³/mol. The van der Waals surface area contributed by atoms with Gasteiger partial charge in [0.15, 0.2) is 0 Å². The van der Waals surface area contributed by atoms with Crippen LogP contribution in [-0.4, -0.2) is 29.4 Å². The molecule has 4 heteroatoms. The van der Waals surface area contributed by atoms with E-state index in [1.807, 2.05) is 41.5 Å². The number of carbonyl (C=O) groups is 1. The van der Waals surface area contributed by atoms with E-state index in [9.17, 15) is 15.0 Å². The van der Waals surface area contributed by atoms with Crippen LogP contribution in [0.25, 0.3) is 0 Å². The van der Waals surface area contributed by atoms with Gasteiger partial charge < -0.3 is 14.9 Å². The summed E-state index contributed by atoms with van der Waals surface area (Å²) >= 11 is 0. The third-order valence-electron chi connectivity index (χ3n) is 5.33.